The van der Waals surface area contributed by atoms with E-state index in [1.807, 2.05) is 32.0 Å². The normalized spacial score (nSPS) is 11.7. The molecular weight excluding hydrogens is 430 g/mol. The number of hydrogen-bond acceptors (Lipinski definition) is 3. The lowest BCUT2D eigenvalue weighted by Gasteiger charge is -2.13. The molecule has 0 amide bonds. The lowest BCUT2D eigenvalue weighted by atomic mass is 10.1. The van der Waals surface area contributed by atoms with Crippen LogP contribution in [-0.4, -0.2) is 17.8 Å². The Bertz CT molecular complexity index is 1130. The molecule has 0 bridgehead atoms. The molecule has 0 radical (unpaired) electrons. The number of anilines is 1. The van der Waals surface area contributed by atoms with Crippen molar-refractivity contribution in [3.63, 3.8) is 0 Å². The highest BCUT2D eigenvalue weighted by Gasteiger charge is 2.25. The van der Waals surface area contributed by atoms with E-state index in [0.717, 1.165) is 0 Å². The summed E-state index contributed by atoms with van der Waals surface area (Å²) in [5.74, 6) is -0.0622. The SMILES string of the molecule is CC(C)c1c(NS(=O)(=O)c2cccc(Br)c2)c(=O)n(-c2ccccc2)n1C. The van der Waals surface area contributed by atoms with Gasteiger partial charge in [-0.25, -0.2) is 13.1 Å². The molecule has 0 aliphatic rings. The van der Waals surface area contributed by atoms with Crippen molar-refractivity contribution in [1.29, 1.82) is 0 Å². The van der Waals surface area contributed by atoms with Crippen molar-refractivity contribution in [2.45, 2.75) is 24.7 Å². The second kappa shape index (κ2) is 7.36. The Morgan fingerprint density at radius 2 is 1.70 bits per heavy atom. The lowest BCUT2D eigenvalue weighted by molar-refractivity contribution is 0.594. The van der Waals surface area contributed by atoms with E-state index in [0.29, 0.717) is 15.9 Å². The molecule has 0 fully saturated rings. The van der Waals surface area contributed by atoms with Crippen molar-refractivity contribution in [2.75, 3.05) is 4.72 Å². The molecule has 27 heavy (non-hydrogen) atoms. The fourth-order valence-electron chi connectivity index (χ4n) is 3.07. The predicted octanol–water partition coefficient (Wildman–Crippen LogP) is 3.86. The average molecular weight is 450 g/mol. The van der Waals surface area contributed by atoms with Crippen LogP contribution >= 0.6 is 15.9 Å². The highest BCUT2D eigenvalue weighted by molar-refractivity contribution is 9.10. The molecule has 1 N–H and O–H groups in total. The summed E-state index contributed by atoms with van der Waals surface area (Å²) in [6, 6.07) is 15.5. The highest BCUT2D eigenvalue weighted by atomic mass is 79.9. The molecule has 0 spiro atoms. The molecule has 0 saturated carbocycles. The van der Waals surface area contributed by atoms with Crippen LogP contribution in [0.15, 0.2) is 68.8 Å². The zero-order valence-electron chi connectivity index (χ0n) is 15.2. The van der Waals surface area contributed by atoms with Gasteiger partial charge < -0.3 is 0 Å². The van der Waals surface area contributed by atoms with Crippen LogP contribution in [0, 0.1) is 0 Å². The number of sulfonamides is 1. The van der Waals surface area contributed by atoms with E-state index < -0.39 is 15.6 Å². The van der Waals surface area contributed by atoms with Gasteiger partial charge in [-0.2, -0.15) is 0 Å². The number of hydrogen-bond donors (Lipinski definition) is 1. The maximum Gasteiger partial charge on any atom is 0.296 e. The van der Waals surface area contributed by atoms with Gasteiger partial charge in [-0.3, -0.25) is 14.2 Å². The van der Waals surface area contributed by atoms with E-state index in [-0.39, 0.29) is 16.5 Å². The number of benzene rings is 2. The van der Waals surface area contributed by atoms with E-state index in [2.05, 4.69) is 20.7 Å². The van der Waals surface area contributed by atoms with Crippen LogP contribution < -0.4 is 10.3 Å². The number of halogens is 1. The first kappa shape index (κ1) is 19.4. The minimum Gasteiger partial charge on any atom is -0.283 e. The molecule has 6 nitrogen and oxygen atoms in total. The van der Waals surface area contributed by atoms with Gasteiger partial charge in [0, 0.05) is 11.5 Å². The first-order valence-electron chi connectivity index (χ1n) is 8.38. The Morgan fingerprint density at radius 1 is 1.04 bits per heavy atom. The van der Waals surface area contributed by atoms with Gasteiger partial charge in [0.15, 0.2) is 0 Å². The molecule has 3 aromatic rings. The second-order valence-electron chi connectivity index (χ2n) is 6.45. The monoisotopic (exact) mass is 449 g/mol. The molecule has 0 aliphatic heterocycles. The van der Waals surface area contributed by atoms with E-state index in [1.54, 1.807) is 36.0 Å². The van der Waals surface area contributed by atoms with Crippen molar-refractivity contribution in [3.8, 4) is 5.69 Å². The maximum absolute atomic E-state index is 13.1. The highest BCUT2D eigenvalue weighted by Crippen LogP contribution is 2.26. The molecule has 1 aromatic heterocycles. The molecule has 2 aromatic carbocycles. The summed E-state index contributed by atoms with van der Waals surface area (Å²) in [7, 11) is -2.16. The molecular formula is C19H20BrN3O3S. The van der Waals surface area contributed by atoms with Crippen LogP contribution in [0.1, 0.15) is 25.5 Å². The molecule has 0 saturated heterocycles. The first-order valence-corrected chi connectivity index (χ1v) is 10.7. The summed E-state index contributed by atoms with van der Waals surface area (Å²) in [5, 5.41) is 0. The number of para-hydroxylation sites is 1. The smallest absolute Gasteiger partial charge is 0.283 e. The molecule has 0 atom stereocenters. The van der Waals surface area contributed by atoms with Crippen LogP contribution in [0.4, 0.5) is 5.69 Å². The van der Waals surface area contributed by atoms with E-state index in [1.165, 1.54) is 16.8 Å². The lowest BCUT2D eigenvalue weighted by Crippen LogP contribution is -2.23. The molecule has 8 heteroatoms. The largest absolute Gasteiger partial charge is 0.296 e. The third-order valence-corrected chi connectivity index (χ3v) is 6.04. The second-order valence-corrected chi connectivity index (χ2v) is 9.05. The van der Waals surface area contributed by atoms with Gasteiger partial charge in [0.05, 0.1) is 16.3 Å². The van der Waals surface area contributed by atoms with Gasteiger partial charge in [-0.05, 0) is 36.2 Å². The van der Waals surface area contributed by atoms with Crippen LogP contribution in [-0.2, 0) is 17.1 Å². The summed E-state index contributed by atoms with van der Waals surface area (Å²) >= 11 is 3.28. The van der Waals surface area contributed by atoms with Gasteiger partial charge in [-0.15, -0.1) is 0 Å². The summed E-state index contributed by atoms with van der Waals surface area (Å²) in [6.45, 7) is 3.84. The predicted molar refractivity (Wildman–Crippen MR) is 110 cm³/mol. The summed E-state index contributed by atoms with van der Waals surface area (Å²) < 4.78 is 32.0. The number of nitrogens with one attached hydrogen (secondary N) is 1. The van der Waals surface area contributed by atoms with Crippen LogP contribution in [0.5, 0.6) is 0 Å². The Morgan fingerprint density at radius 3 is 2.30 bits per heavy atom. The summed E-state index contributed by atoms with van der Waals surface area (Å²) in [6.07, 6.45) is 0. The standard InChI is InChI=1S/C19H20BrN3O3S/c1-13(2)18-17(21-27(25,26)16-11-7-8-14(20)12-16)19(24)23(22(18)3)15-9-5-4-6-10-15/h4-13,21H,1-3H3. The number of nitrogens with zero attached hydrogens (tertiary/aromatic N) is 2. The minimum atomic E-state index is -3.91. The molecule has 1 heterocycles. The van der Waals surface area contributed by atoms with Gasteiger partial charge in [0.1, 0.15) is 5.69 Å². The van der Waals surface area contributed by atoms with E-state index in [4.69, 9.17) is 0 Å². The average Bonchev–Trinajstić information content (AvgIpc) is 2.85. The number of rotatable bonds is 5. The Balaban J connectivity index is 2.17. The van der Waals surface area contributed by atoms with Gasteiger partial charge in [0.25, 0.3) is 15.6 Å². The van der Waals surface area contributed by atoms with Crippen molar-refractivity contribution < 1.29 is 8.42 Å². The molecule has 3 rings (SSSR count). The Labute approximate surface area is 166 Å². The van der Waals surface area contributed by atoms with Crippen molar-refractivity contribution in [3.05, 3.63) is 75.1 Å². The van der Waals surface area contributed by atoms with Crippen LogP contribution in [0.2, 0.25) is 0 Å². The topological polar surface area (TPSA) is 73.1 Å². The maximum atomic E-state index is 13.1. The minimum absolute atomic E-state index is 0.0622. The molecule has 142 valence electrons. The van der Waals surface area contributed by atoms with Crippen LogP contribution in [0.3, 0.4) is 0 Å². The van der Waals surface area contributed by atoms with E-state index >= 15 is 0 Å². The first-order chi connectivity index (χ1) is 12.7. The fourth-order valence-corrected chi connectivity index (χ4v) is 4.74. The third kappa shape index (κ3) is 3.72. The summed E-state index contributed by atoms with van der Waals surface area (Å²) in [4.78, 5) is 13.2. The van der Waals surface area contributed by atoms with Crippen molar-refractivity contribution in [2.24, 2.45) is 7.05 Å². The Kier molecular flexibility index (Phi) is 5.30. The number of aromatic nitrogens is 2. The summed E-state index contributed by atoms with van der Waals surface area (Å²) in [5.41, 5.74) is 0.935. The van der Waals surface area contributed by atoms with Gasteiger partial charge in [-0.1, -0.05) is 54.0 Å². The van der Waals surface area contributed by atoms with Gasteiger partial charge >= 0.3 is 0 Å². The Hall–Kier alpha value is -2.32. The quantitative estimate of drug-likeness (QED) is 0.642. The molecule has 0 aliphatic carbocycles. The zero-order chi connectivity index (χ0) is 19.8. The van der Waals surface area contributed by atoms with Crippen molar-refractivity contribution >= 4 is 31.6 Å². The van der Waals surface area contributed by atoms with Crippen LogP contribution in [0.25, 0.3) is 5.69 Å². The fraction of sp³-hybridized carbons (Fsp3) is 0.211. The third-order valence-electron chi connectivity index (χ3n) is 4.20. The molecule has 0 unspecified atom stereocenters. The van der Waals surface area contributed by atoms with Crippen molar-refractivity contribution in [1.82, 2.24) is 9.36 Å². The van der Waals surface area contributed by atoms with Gasteiger partial charge in [0.2, 0.25) is 0 Å². The zero-order valence-corrected chi connectivity index (χ0v) is 17.6. The van der Waals surface area contributed by atoms with E-state index in [9.17, 15) is 13.2 Å².